The number of aryl methyl sites for hydroxylation is 1. The lowest BCUT2D eigenvalue weighted by Crippen LogP contribution is -2.10. The molecule has 4 aromatic rings. The molecule has 3 aromatic heterocycles. The number of nitriles is 1. The lowest BCUT2D eigenvalue weighted by atomic mass is 10.1. The van der Waals surface area contributed by atoms with E-state index in [-0.39, 0.29) is 0 Å². The van der Waals surface area contributed by atoms with E-state index in [9.17, 15) is 0 Å². The predicted octanol–water partition coefficient (Wildman–Crippen LogP) is 4.05. The highest BCUT2D eigenvalue weighted by Crippen LogP contribution is 2.30. The van der Waals surface area contributed by atoms with E-state index in [2.05, 4.69) is 25.4 Å². The van der Waals surface area contributed by atoms with Gasteiger partial charge in [-0.1, -0.05) is 23.2 Å². The first kappa shape index (κ1) is 19.4. The molecule has 0 amide bonds. The van der Waals surface area contributed by atoms with E-state index in [1.165, 1.54) is 17.7 Å². The van der Waals surface area contributed by atoms with Gasteiger partial charge in [0, 0.05) is 29.6 Å². The maximum atomic E-state index is 8.97. The van der Waals surface area contributed by atoms with E-state index in [0.29, 0.717) is 51.0 Å². The third kappa shape index (κ3) is 4.10. The minimum atomic E-state index is 0.291. The van der Waals surface area contributed by atoms with Crippen molar-refractivity contribution in [3.63, 3.8) is 0 Å². The molecule has 0 aliphatic heterocycles. The molecule has 0 bridgehead atoms. The molecule has 29 heavy (non-hydrogen) atoms. The normalized spacial score (nSPS) is 10.9. The number of hydrogen-bond donors (Lipinski definition) is 2. The average Bonchev–Trinajstić information content (AvgIpc) is 3.31. The fraction of sp³-hybridized carbons (Fsp3) is 0.167. The highest BCUT2D eigenvalue weighted by molar-refractivity contribution is 7.12. The van der Waals surface area contributed by atoms with E-state index in [4.69, 9.17) is 34.2 Å². The zero-order valence-corrected chi connectivity index (χ0v) is 17.3. The molecular weight excluding hydrogens is 431 g/mol. The Morgan fingerprint density at radius 2 is 2.10 bits per heavy atom. The summed E-state index contributed by atoms with van der Waals surface area (Å²) in [5.41, 5.74) is 7.78. The van der Waals surface area contributed by atoms with Crippen molar-refractivity contribution in [1.82, 2.24) is 24.6 Å². The number of thiazole rings is 1. The van der Waals surface area contributed by atoms with E-state index in [1.807, 2.05) is 18.2 Å². The lowest BCUT2D eigenvalue weighted by molar-refractivity contribution is 0.829. The third-order valence-corrected chi connectivity index (χ3v) is 5.71. The molecule has 0 radical (unpaired) electrons. The van der Waals surface area contributed by atoms with Gasteiger partial charge in [-0.05, 0) is 24.6 Å². The predicted molar refractivity (Wildman–Crippen MR) is 114 cm³/mol. The van der Waals surface area contributed by atoms with Gasteiger partial charge in [0.1, 0.15) is 17.3 Å². The molecule has 3 heterocycles. The number of hydrogen-bond acceptors (Lipinski definition) is 8. The number of nitrogens with two attached hydrogens (primary N) is 1. The van der Waals surface area contributed by atoms with Crippen molar-refractivity contribution < 1.29 is 0 Å². The van der Waals surface area contributed by atoms with Gasteiger partial charge in [-0.2, -0.15) is 14.9 Å². The molecule has 0 spiro atoms. The fourth-order valence-corrected chi connectivity index (χ4v) is 4.11. The number of nitrogen functional groups attached to an aromatic ring is 1. The monoisotopic (exact) mass is 444 g/mol. The topological polar surface area (TPSA) is 118 Å². The molecule has 3 N–H and O–H groups in total. The molecule has 146 valence electrons. The van der Waals surface area contributed by atoms with Crippen LogP contribution in [0.15, 0.2) is 30.6 Å². The summed E-state index contributed by atoms with van der Waals surface area (Å²) in [6.07, 6.45) is 2.95. The van der Waals surface area contributed by atoms with Crippen LogP contribution in [0.5, 0.6) is 0 Å². The van der Waals surface area contributed by atoms with Crippen LogP contribution in [-0.4, -0.2) is 31.1 Å². The molecule has 4 rings (SSSR count). The van der Waals surface area contributed by atoms with Crippen molar-refractivity contribution in [3.05, 3.63) is 50.5 Å². The number of nitrogens with one attached hydrogen (secondary N) is 1. The van der Waals surface area contributed by atoms with Gasteiger partial charge in [-0.15, -0.1) is 11.3 Å². The molecule has 0 fully saturated rings. The van der Waals surface area contributed by atoms with Crippen LogP contribution in [0, 0.1) is 11.3 Å². The molecule has 0 aliphatic rings. The molecule has 0 unspecified atom stereocenters. The van der Waals surface area contributed by atoms with Gasteiger partial charge in [0.25, 0.3) is 0 Å². The van der Waals surface area contributed by atoms with E-state index in [0.717, 1.165) is 17.0 Å². The summed E-state index contributed by atoms with van der Waals surface area (Å²) in [7, 11) is 0. The summed E-state index contributed by atoms with van der Waals surface area (Å²) in [5.74, 6) is 0.844. The zero-order valence-electron chi connectivity index (χ0n) is 14.9. The Morgan fingerprint density at radius 1 is 1.24 bits per heavy atom. The quantitative estimate of drug-likeness (QED) is 0.430. The summed E-state index contributed by atoms with van der Waals surface area (Å²) in [4.78, 5) is 13.6. The number of anilines is 2. The van der Waals surface area contributed by atoms with Crippen LogP contribution in [0.3, 0.4) is 0 Å². The van der Waals surface area contributed by atoms with Gasteiger partial charge in [0.05, 0.1) is 15.7 Å². The largest absolute Gasteiger partial charge is 0.382 e. The van der Waals surface area contributed by atoms with E-state index < -0.39 is 0 Å². The summed E-state index contributed by atoms with van der Waals surface area (Å²) < 4.78 is 1.63. The Morgan fingerprint density at radius 3 is 2.86 bits per heavy atom. The smallest absolute Gasteiger partial charge is 0.226 e. The van der Waals surface area contributed by atoms with Crippen molar-refractivity contribution in [2.75, 3.05) is 17.6 Å². The van der Waals surface area contributed by atoms with Gasteiger partial charge >= 0.3 is 0 Å². The standard InChI is InChI=1S/C18H14Cl2N8S/c19-10-3-4-11(12(20)6-10)13-7-15-24-9-25-28(15)18(26-13)23-5-1-2-16-27-17(22)14(8-21)29-16/h3-4,6-7,9H,1-2,5,22H2,(H,23,26). The number of benzene rings is 1. The second-order valence-electron chi connectivity index (χ2n) is 6.08. The highest BCUT2D eigenvalue weighted by Gasteiger charge is 2.12. The van der Waals surface area contributed by atoms with Crippen LogP contribution in [-0.2, 0) is 6.42 Å². The Hall–Kier alpha value is -2.93. The second-order valence-corrected chi connectivity index (χ2v) is 8.01. The van der Waals surface area contributed by atoms with Crippen LogP contribution >= 0.6 is 34.5 Å². The van der Waals surface area contributed by atoms with Crippen LogP contribution in [0.2, 0.25) is 10.0 Å². The van der Waals surface area contributed by atoms with Crippen LogP contribution in [0.4, 0.5) is 11.8 Å². The summed E-state index contributed by atoms with van der Waals surface area (Å²) in [6, 6.07) is 9.13. The zero-order chi connectivity index (χ0) is 20.4. The van der Waals surface area contributed by atoms with Gasteiger partial charge in [0.15, 0.2) is 11.5 Å². The first-order chi connectivity index (χ1) is 14.0. The van der Waals surface area contributed by atoms with Gasteiger partial charge in [-0.3, -0.25) is 0 Å². The van der Waals surface area contributed by atoms with Gasteiger partial charge in [-0.25, -0.2) is 15.0 Å². The summed E-state index contributed by atoms with van der Waals surface area (Å²) >= 11 is 13.7. The Bertz CT molecular complexity index is 1230. The number of halogens is 2. The van der Waals surface area contributed by atoms with Gasteiger partial charge < -0.3 is 11.1 Å². The number of rotatable bonds is 6. The molecule has 0 aliphatic carbocycles. The molecule has 0 saturated heterocycles. The first-order valence-electron chi connectivity index (χ1n) is 8.60. The van der Waals surface area contributed by atoms with Crippen molar-refractivity contribution in [3.8, 4) is 17.3 Å². The fourth-order valence-electron chi connectivity index (χ4n) is 2.78. The lowest BCUT2D eigenvalue weighted by Gasteiger charge is -2.10. The van der Waals surface area contributed by atoms with Crippen molar-refractivity contribution in [1.29, 1.82) is 5.26 Å². The molecule has 1 aromatic carbocycles. The maximum Gasteiger partial charge on any atom is 0.226 e. The molecule has 0 atom stereocenters. The number of aromatic nitrogens is 5. The Labute approximate surface area is 179 Å². The number of fused-ring (bicyclic) bond motifs is 1. The van der Waals surface area contributed by atoms with Crippen LogP contribution in [0.25, 0.3) is 16.9 Å². The minimum Gasteiger partial charge on any atom is -0.382 e. The molecule has 11 heteroatoms. The minimum absolute atomic E-state index is 0.291. The van der Waals surface area contributed by atoms with Crippen molar-refractivity contribution in [2.45, 2.75) is 12.8 Å². The summed E-state index contributed by atoms with van der Waals surface area (Å²) in [6.45, 7) is 0.626. The van der Waals surface area contributed by atoms with Crippen LogP contribution in [0.1, 0.15) is 16.3 Å². The third-order valence-electron chi connectivity index (χ3n) is 4.12. The molecular formula is C18H14Cl2N8S. The van der Waals surface area contributed by atoms with Crippen LogP contribution < -0.4 is 11.1 Å². The Kier molecular flexibility index (Phi) is 5.49. The van der Waals surface area contributed by atoms with Crippen molar-refractivity contribution >= 4 is 52.0 Å². The maximum absolute atomic E-state index is 8.97. The highest BCUT2D eigenvalue weighted by atomic mass is 35.5. The second kappa shape index (κ2) is 8.21. The SMILES string of the molecule is N#Cc1sc(CCCNc2nc(-c3ccc(Cl)cc3Cl)cc3ncnn23)nc1N. The summed E-state index contributed by atoms with van der Waals surface area (Å²) in [5, 5.41) is 18.4. The van der Waals surface area contributed by atoms with E-state index in [1.54, 1.807) is 16.6 Å². The van der Waals surface area contributed by atoms with Gasteiger partial charge in [0.2, 0.25) is 5.95 Å². The Balaban J connectivity index is 1.52. The van der Waals surface area contributed by atoms with Crippen molar-refractivity contribution in [2.24, 2.45) is 0 Å². The first-order valence-corrected chi connectivity index (χ1v) is 10.2. The number of nitrogens with zero attached hydrogens (tertiary/aromatic N) is 6. The average molecular weight is 445 g/mol. The van der Waals surface area contributed by atoms with E-state index >= 15 is 0 Å². The molecule has 0 saturated carbocycles. The molecule has 8 nitrogen and oxygen atoms in total.